The lowest BCUT2D eigenvalue weighted by Gasteiger charge is -2.37. The van der Waals surface area contributed by atoms with Crippen molar-refractivity contribution in [2.45, 2.75) is 6.42 Å². The third-order valence-electron chi connectivity index (χ3n) is 6.23. The van der Waals surface area contributed by atoms with E-state index in [0.717, 1.165) is 11.4 Å². The van der Waals surface area contributed by atoms with Crippen LogP contribution in [0.25, 0.3) is 0 Å². The zero-order chi connectivity index (χ0) is 17.3. The standard InChI is InChI=1S/C19H18N2O4/c1-25-14-5-3-2-4-11(14)17(22)20-21-18(23)15-9-6-7-10(13-8-12(9)13)16(15)19(21)24/h2-7,9-10,12-13,15-16H,8H2,1H3,(H,20,22)/t9-,10-,12-,13-,15-,16+/m0/s1. The number of benzene rings is 1. The van der Waals surface area contributed by atoms with Gasteiger partial charge in [-0.25, -0.2) is 0 Å². The van der Waals surface area contributed by atoms with Crippen molar-refractivity contribution in [3.05, 3.63) is 42.0 Å². The van der Waals surface area contributed by atoms with Gasteiger partial charge in [-0.3, -0.25) is 19.8 Å². The lowest BCUT2D eigenvalue weighted by molar-refractivity contribution is -0.143. The fourth-order valence-electron chi connectivity index (χ4n) is 5.06. The molecule has 128 valence electrons. The number of imide groups is 1. The summed E-state index contributed by atoms with van der Waals surface area (Å²) in [6, 6.07) is 6.74. The number of allylic oxidation sites excluding steroid dienone is 2. The first-order valence-electron chi connectivity index (χ1n) is 8.62. The zero-order valence-electron chi connectivity index (χ0n) is 13.7. The Balaban J connectivity index is 1.42. The van der Waals surface area contributed by atoms with Crippen molar-refractivity contribution in [3.8, 4) is 5.75 Å². The highest BCUT2D eigenvalue weighted by Crippen LogP contribution is 2.65. The van der Waals surface area contributed by atoms with Gasteiger partial charge in [0, 0.05) is 0 Å². The second-order valence-corrected chi connectivity index (χ2v) is 7.31. The second-order valence-electron chi connectivity index (χ2n) is 7.31. The number of amides is 3. The molecule has 1 N–H and O–H groups in total. The van der Waals surface area contributed by atoms with Gasteiger partial charge in [-0.05, 0) is 42.2 Å². The van der Waals surface area contributed by atoms with Crippen LogP contribution in [-0.4, -0.2) is 29.8 Å². The van der Waals surface area contributed by atoms with E-state index >= 15 is 0 Å². The Kier molecular flexibility index (Phi) is 2.90. The van der Waals surface area contributed by atoms with Crippen LogP contribution >= 0.6 is 0 Å². The summed E-state index contributed by atoms with van der Waals surface area (Å²) >= 11 is 0. The van der Waals surface area contributed by atoms with Gasteiger partial charge in [0.05, 0.1) is 24.5 Å². The summed E-state index contributed by atoms with van der Waals surface area (Å²) in [6.45, 7) is 0. The average molecular weight is 338 g/mol. The van der Waals surface area contributed by atoms with E-state index in [-0.39, 0.29) is 35.5 Å². The minimum Gasteiger partial charge on any atom is -0.496 e. The van der Waals surface area contributed by atoms with Crippen LogP contribution in [0.5, 0.6) is 5.75 Å². The van der Waals surface area contributed by atoms with E-state index in [2.05, 4.69) is 17.6 Å². The fourth-order valence-corrected chi connectivity index (χ4v) is 5.06. The molecule has 3 amide bonds. The lowest BCUT2D eigenvalue weighted by Crippen LogP contribution is -2.47. The van der Waals surface area contributed by atoms with E-state index in [1.807, 2.05) is 0 Å². The van der Waals surface area contributed by atoms with Gasteiger partial charge in [-0.2, -0.15) is 5.01 Å². The molecule has 6 rings (SSSR count). The van der Waals surface area contributed by atoms with E-state index in [4.69, 9.17) is 4.74 Å². The molecule has 6 nitrogen and oxygen atoms in total. The number of hydrogen-bond donors (Lipinski definition) is 1. The first-order chi connectivity index (χ1) is 12.1. The molecule has 1 heterocycles. The minimum absolute atomic E-state index is 0.143. The number of methoxy groups -OCH3 is 1. The summed E-state index contributed by atoms with van der Waals surface area (Å²) in [5.74, 6) is 0.0760. The topological polar surface area (TPSA) is 75.7 Å². The molecule has 0 unspecified atom stereocenters. The number of nitrogens with zero attached hydrogens (tertiary/aromatic N) is 1. The molecule has 6 atom stereocenters. The predicted octanol–water partition coefficient (Wildman–Crippen LogP) is 1.39. The zero-order valence-corrected chi connectivity index (χ0v) is 13.7. The SMILES string of the molecule is COc1ccccc1C(=O)NN1C(=O)[C@@H]2[C@H]3C=C[C@@H]([C@@H]4C[C@@H]34)[C@@H]2C1=O. The molecular formula is C19H18N2O4. The molecule has 1 aliphatic heterocycles. The van der Waals surface area contributed by atoms with Gasteiger partial charge in [0.25, 0.3) is 17.7 Å². The Bertz CT molecular complexity index is 796. The van der Waals surface area contributed by atoms with Gasteiger partial charge in [0.15, 0.2) is 0 Å². The molecule has 5 aliphatic rings. The maximum absolute atomic E-state index is 12.9. The van der Waals surface area contributed by atoms with Crippen molar-refractivity contribution in [1.82, 2.24) is 10.4 Å². The maximum atomic E-state index is 12.9. The first-order valence-corrected chi connectivity index (χ1v) is 8.62. The van der Waals surface area contributed by atoms with Crippen molar-refractivity contribution < 1.29 is 19.1 Å². The van der Waals surface area contributed by atoms with Crippen molar-refractivity contribution in [3.63, 3.8) is 0 Å². The number of rotatable bonds is 3. The molecule has 3 fully saturated rings. The molecule has 1 aromatic carbocycles. The summed E-state index contributed by atoms with van der Waals surface area (Å²) in [7, 11) is 1.47. The number of carbonyl (C=O) groups excluding carboxylic acids is 3. The summed E-state index contributed by atoms with van der Waals surface area (Å²) in [5.41, 5.74) is 2.81. The summed E-state index contributed by atoms with van der Waals surface area (Å²) < 4.78 is 5.18. The van der Waals surface area contributed by atoms with Crippen LogP contribution in [0.4, 0.5) is 0 Å². The number of nitrogens with one attached hydrogen (secondary N) is 1. The van der Waals surface area contributed by atoms with Gasteiger partial charge >= 0.3 is 0 Å². The third-order valence-corrected chi connectivity index (χ3v) is 6.23. The summed E-state index contributed by atoms with van der Waals surface area (Å²) in [4.78, 5) is 38.3. The van der Waals surface area contributed by atoms with Crippen LogP contribution in [0.1, 0.15) is 16.8 Å². The smallest absolute Gasteiger partial charge is 0.274 e. The Morgan fingerprint density at radius 2 is 1.68 bits per heavy atom. The van der Waals surface area contributed by atoms with E-state index in [1.54, 1.807) is 24.3 Å². The molecule has 4 aliphatic carbocycles. The number of hydrogen-bond acceptors (Lipinski definition) is 4. The van der Waals surface area contributed by atoms with Crippen molar-refractivity contribution in [2.75, 3.05) is 7.11 Å². The molecule has 0 aromatic heterocycles. The second kappa shape index (κ2) is 4.94. The lowest BCUT2D eigenvalue weighted by atomic mass is 9.63. The highest BCUT2D eigenvalue weighted by Gasteiger charge is 2.67. The molecule has 25 heavy (non-hydrogen) atoms. The van der Waals surface area contributed by atoms with Gasteiger partial charge < -0.3 is 4.74 Å². The van der Waals surface area contributed by atoms with Crippen molar-refractivity contribution >= 4 is 17.7 Å². The molecule has 0 spiro atoms. The summed E-state index contributed by atoms with van der Waals surface area (Å²) in [5, 5.41) is 0.946. The molecule has 6 heteroatoms. The van der Waals surface area contributed by atoms with Gasteiger partial charge in [-0.1, -0.05) is 24.3 Å². The maximum Gasteiger partial charge on any atom is 0.274 e. The van der Waals surface area contributed by atoms with Crippen molar-refractivity contribution in [1.29, 1.82) is 0 Å². The molecule has 0 radical (unpaired) electrons. The first kappa shape index (κ1) is 14.7. The Labute approximate surface area is 144 Å². The van der Waals surface area contributed by atoms with Crippen LogP contribution in [0, 0.1) is 35.5 Å². The van der Waals surface area contributed by atoms with E-state index in [1.165, 1.54) is 7.11 Å². The Morgan fingerprint density at radius 1 is 1.08 bits per heavy atom. The normalized spacial score (nSPS) is 36.9. The Hall–Kier alpha value is -2.63. The minimum atomic E-state index is -0.511. The van der Waals surface area contributed by atoms with Gasteiger partial charge in [-0.15, -0.1) is 0 Å². The number of carbonyl (C=O) groups is 3. The molecule has 2 saturated carbocycles. The quantitative estimate of drug-likeness (QED) is 0.668. The third kappa shape index (κ3) is 1.88. The van der Waals surface area contributed by atoms with Gasteiger partial charge in [0.2, 0.25) is 0 Å². The number of ether oxygens (including phenoxy) is 1. The fraction of sp³-hybridized carbons (Fsp3) is 0.421. The van der Waals surface area contributed by atoms with Crippen LogP contribution in [0.3, 0.4) is 0 Å². The van der Waals surface area contributed by atoms with Gasteiger partial charge in [0.1, 0.15) is 5.75 Å². The molecule has 1 saturated heterocycles. The number of hydrazine groups is 1. The highest BCUT2D eigenvalue weighted by molar-refractivity contribution is 6.09. The summed E-state index contributed by atoms with van der Waals surface area (Å²) in [6.07, 6.45) is 5.33. The van der Waals surface area contributed by atoms with E-state index in [0.29, 0.717) is 23.1 Å². The van der Waals surface area contributed by atoms with Crippen LogP contribution in [0.15, 0.2) is 36.4 Å². The predicted molar refractivity (Wildman–Crippen MR) is 87.0 cm³/mol. The highest BCUT2D eigenvalue weighted by atomic mass is 16.5. The number of para-hydroxylation sites is 1. The van der Waals surface area contributed by atoms with Crippen molar-refractivity contribution in [2.24, 2.45) is 35.5 Å². The monoisotopic (exact) mass is 338 g/mol. The largest absolute Gasteiger partial charge is 0.496 e. The average Bonchev–Trinajstić information content (AvgIpc) is 3.42. The van der Waals surface area contributed by atoms with E-state index in [9.17, 15) is 14.4 Å². The molecular weight excluding hydrogens is 320 g/mol. The molecule has 1 aromatic rings. The van der Waals surface area contributed by atoms with Crippen LogP contribution in [-0.2, 0) is 9.59 Å². The van der Waals surface area contributed by atoms with Crippen LogP contribution in [0.2, 0.25) is 0 Å². The Morgan fingerprint density at radius 3 is 2.28 bits per heavy atom. The molecule has 2 bridgehead atoms. The van der Waals surface area contributed by atoms with E-state index < -0.39 is 5.91 Å². The van der Waals surface area contributed by atoms with Crippen LogP contribution < -0.4 is 10.2 Å².